The van der Waals surface area contributed by atoms with Crippen molar-refractivity contribution in [2.45, 2.75) is 18.5 Å². The van der Waals surface area contributed by atoms with E-state index in [1.807, 2.05) is 7.05 Å². The van der Waals surface area contributed by atoms with Gasteiger partial charge in [0.2, 0.25) is 0 Å². The molecular formula is C4H10NP. The van der Waals surface area contributed by atoms with Gasteiger partial charge in [0.25, 0.3) is 0 Å². The van der Waals surface area contributed by atoms with Crippen molar-refractivity contribution in [3.05, 3.63) is 0 Å². The van der Waals surface area contributed by atoms with Crippen molar-refractivity contribution in [1.82, 2.24) is 5.09 Å². The SMILES string of the molecule is CNPC1CC1. The monoisotopic (exact) mass is 103 g/mol. The van der Waals surface area contributed by atoms with E-state index in [0.29, 0.717) is 0 Å². The molecule has 1 nitrogen and oxygen atoms in total. The van der Waals surface area contributed by atoms with Crippen LogP contribution in [-0.2, 0) is 0 Å². The molecule has 1 aliphatic rings. The Kier molecular flexibility index (Phi) is 1.44. The molecule has 1 rings (SSSR count). The zero-order chi connectivity index (χ0) is 4.41. The molecule has 1 aliphatic carbocycles. The molecule has 2 heteroatoms. The van der Waals surface area contributed by atoms with Crippen LogP contribution < -0.4 is 5.09 Å². The largest absolute Gasteiger partial charge is 0.301 e. The first kappa shape index (κ1) is 4.55. The standard InChI is InChI=1S/C4H10NP/c1-5-6-4-2-3-4/h4-6H,2-3H2,1H3. The van der Waals surface area contributed by atoms with Gasteiger partial charge >= 0.3 is 0 Å². The van der Waals surface area contributed by atoms with Crippen LogP contribution in [0.3, 0.4) is 0 Å². The fourth-order valence-electron chi connectivity index (χ4n) is 0.432. The van der Waals surface area contributed by atoms with Crippen LogP contribution >= 0.6 is 8.73 Å². The highest BCUT2D eigenvalue weighted by Crippen LogP contribution is 2.35. The van der Waals surface area contributed by atoms with Crippen LogP contribution in [0.1, 0.15) is 12.8 Å². The first-order valence-electron chi connectivity index (χ1n) is 2.36. The first-order chi connectivity index (χ1) is 2.93. The van der Waals surface area contributed by atoms with E-state index in [9.17, 15) is 0 Å². The second-order valence-electron chi connectivity index (χ2n) is 1.67. The highest BCUT2D eigenvalue weighted by molar-refractivity contribution is 7.36. The summed E-state index contributed by atoms with van der Waals surface area (Å²) in [5.74, 6) is 0. The Balaban J connectivity index is 1.88. The van der Waals surface area contributed by atoms with Gasteiger partial charge in [0.15, 0.2) is 0 Å². The van der Waals surface area contributed by atoms with Gasteiger partial charge in [-0.15, -0.1) is 0 Å². The van der Waals surface area contributed by atoms with E-state index in [1.54, 1.807) is 0 Å². The molecule has 1 unspecified atom stereocenters. The lowest BCUT2D eigenvalue weighted by Gasteiger charge is -1.88. The van der Waals surface area contributed by atoms with E-state index in [0.717, 1.165) is 14.4 Å². The molecule has 0 saturated heterocycles. The van der Waals surface area contributed by atoms with E-state index in [4.69, 9.17) is 0 Å². The number of hydrogen-bond donors (Lipinski definition) is 1. The summed E-state index contributed by atoms with van der Waals surface area (Å²) < 4.78 is 0. The third kappa shape index (κ3) is 1.24. The molecule has 0 heterocycles. The number of hydrogen-bond acceptors (Lipinski definition) is 1. The Morgan fingerprint density at radius 3 is 2.50 bits per heavy atom. The van der Waals surface area contributed by atoms with Gasteiger partial charge in [0.1, 0.15) is 0 Å². The maximum atomic E-state index is 3.16. The minimum Gasteiger partial charge on any atom is -0.301 e. The Labute approximate surface area is 40.3 Å². The smallest absolute Gasteiger partial charge is 0.0106 e. The van der Waals surface area contributed by atoms with E-state index in [-0.39, 0.29) is 0 Å². The maximum Gasteiger partial charge on any atom is -0.0106 e. The Hall–Kier alpha value is 0.390. The fourth-order valence-corrected chi connectivity index (χ4v) is 1.30. The predicted octanol–water partition coefficient (Wildman–Crippen LogP) is 0.962. The van der Waals surface area contributed by atoms with Crippen LogP contribution in [-0.4, -0.2) is 12.7 Å². The third-order valence-electron chi connectivity index (χ3n) is 0.926. The highest BCUT2D eigenvalue weighted by atomic mass is 31.1. The summed E-state index contributed by atoms with van der Waals surface area (Å²) in [6, 6.07) is 0. The molecule has 0 aromatic carbocycles. The number of rotatable bonds is 2. The molecule has 6 heavy (non-hydrogen) atoms. The predicted molar refractivity (Wildman–Crippen MR) is 30.4 cm³/mol. The average Bonchev–Trinajstić information content (AvgIpc) is 2.21. The van der Waals surface area contributed by atoms with Gasteiger partial charge in [-0.05, 0) is 25.5 Å². The van der Waals surface area contributed by atoms with Crippen molar-refractivity contribution in [3.63, 3.8) is 0 Å². The first-order valence-corrected chi connectivity index (χ1v) is 3.43. The van der Waals surface area contributed by atoms with Crippen molar-refractivity contribution in [3.8, 4) is 0 Å². The van der Waals surface area contributed by atoms with Gasteiger partial charge in [-0.25, -0.2) is 0 Å². The van der Waals surface area contributed by atoms with Crippen LogP contribution in [0.15, 0.2) is 0 Å². The lowest BCUT2D eigenvalue weighted by atomic mass is 11.0. The van der Waals surface area contributed by atoms with Crippen molar-refractivity contribution < 1.29 is 0 Å². The van der Waals surface area contributed by atoms with Crippen molar-refractivity contribution in [2.24, 2.45) is 0 Å². The van der Waals surface area contributed by atoms with Crippen molar-refractivity contribution in [1.29, 1.82) is 0 Å². The zero-order valence-corrected chi connectivity index (χ0v) is 4.99. The van der Waals surface area contributed by atoms with Crippen LogP contribution in [0.5, 0.6) is 0 Å². The minimum absolute atomic E-state index is 1.03. The second-order valence-corrected chi connectivity index (χ2v) is 3.27. The van der Waals surface area contributed by atoms with Gasteiger partial charge in [0.05, 0.1) is 0 Å². The van der Waals surface area contributed by atoms with Crippen LogP contribution in [0.2, 0.25) is 0 Å². The second kappa shape index (κ2) is 1.90. The Morgan fingerprint density at radius 2 is 2.33 bits per heavy atom. The highest BCUT2D eigenvalue weighted by Gasteiger charge is 2.19. The quantitative estimate of drug-likeness (QED) is 0.513. The van der Waals surface area contributed by atoms with E-state index < -0.39 is 0 Å². The molecule has 1 atom stereocenters. The van der Waals surface area contributed by atoms with Gasteiger partial charge in [-0.1, -0.05) is 8.73 Å². The topological polar surface area (TPSA) is 12.0 Å². The van der Waals surface area contributed by atoms with Gasteiger partial charge < -0.3 is 5.09 Å². The Bertz CT molecular complexity index is 42.8. The molecule has 0 spiro atoms. The van der Waals surface area contributed by atoms with Crippen LogP contribution in [0, 0.1) is 0 Å². The van der Waals surface area contributed by atoms with Gasteiger partial charge in [-0.3, -0.25) is 0 Å². The lowest BCUT2D eigenvalue weighted by molar-refractivity contribution is 1.25. The average molecular weight is 103 g/mol. The van der Waals surface area contributed by atoms with Crippen LogP contribution in [0.25, 0.3) is 0 Å². The normalized spacial score (nSPS) is 23.5. The molecular weight excluding hydrogens is 93.0 g/mol. The molecule has 0 amide bonds. The van der Waals surface area contributed by atoms with E-state index >= 15 is 0 Å². The Morgan fingerprint density at radius 1 is 1.67 bits per heavy atom. The lowest BCUT2D eigenvalue weighted by Crippen LogP contribution is -1.88. The molecule has 0 bridgehead atoms. The summed E-state index contributed by atoms with van der Waals surface area (Å²) >= 11 is 0. The maximum absolute atomic E-state index is 3.16. The van der Waals surface area contributed by atoms with Gasteiger partial charge in [0, 0.05) is 0 Å². The van der Waals surface area contributed by atoms with Gasteiger partial charge in [-0.2, -0.15) is 0 Å². The van der Waals surface area contributed by atoms with Crippen LogP contribution in [0.4, 0.5) is 0 Å². The summed E-state index contributed by atoms with van der Waals surface area (Å²) in [4.78, 5) is 0. The van der Waals surface area contributed by atoms with E-state index in [2.05, 4.69) is 5.09 Å². The van der Waals surface area contributed by atoms with E-state index in [1.165, 1.54) is 12.8 Å². The zero-order valence-electron chi connectivity index (χ0n) is 3.99. The molecule has 1 saturated carbocycles. The molecule has 0 aromatic rings. The third-order valence-corrected chi connectivity index (χ3v) is 2.20. The summed E-state index contributed by atoms with van der Waals surface area (Å²) in [6.07, 6.45) is 2.94. The number of nitrogens with one attached hydrogen (secondary N) is 1. The summed E-state index contributed by atoms with van der Waals surface area (Å²) in [5, 5.41) is 3.16. The molecule has 0 aromatic heterocycles. The molecule has 36 valence electrons. The fraction of sp³-hybridized carbons (Fsp3) is 1.00. The minimum atomic E-state index is 1.03. The van der Waals surface area contributed by atoms with Crippen molar-refractivity contribution in [2.75, 3.05) is 7.05 Å². The molecule has 0 aliphatic heterocycles. The summed E-state index contributed by atoms with van der Waals surface area (Å²) in [7, 11) is 3.06. The molecule has 1 fully saturated rings. The molecule has 1 N–H and O–H groups in total. The summed E-state index contributed by atoms with van der Waals surface area (Å²) in [5.41, 5.74) is 1.06. The van der Waals surface area contributed by atoms with Crippen molar-refractivity contribution >= 4 is 8.73 Å². The summed E-state index contributed by atoms with van der Waals surface area (Å²) in [6.45, 7) is 0. The molecule has 0 radical (unpaired) electrons.